The summed E-state index contributed by atoms with van der Waals surface area (Å²) in [6, 6.07) is 6.79. The first-order valence-corrected chi connectivity index (χ1v) is 7.54. The lowest BCUT2D eigenvalue weighted by molar-refractivity contribution is -0.113. The van der Waals surface area contributed by atoms with Crippen molar-refractivity contribution in [3.8, 4) is 0 Å². The zero-order chi connectivity index (χ0) is 13.5. The van der Waals surface area contributed by atoms with E-state index in [1.807, 2.05) is 6.92 Å². The van der Waals surface area contributed by atoms with E-state index in [1.54, 1.807) is 24.3 Å². The van der Waals surface area contributed by atoms with Gasteiger partial charge in [-0.1, -0.05) is 30.7 Å². The smallest absolute Gasteiger partial charge is 0.237 e. The normalized spacial score (nSPS) is 13.9. The largest absolute Gasteiger partial charge is 0.327 e. The quantitative estimate of drug-likeness (QED) is 0.838. The molecule has 4 nitrogen and oxygen atoms in total. The minimum atomic E-state index is -1.24. The minimum absolute atomic E-state index is 0.0566. The van der Waals surface area contributed by atoms with Crippen molar-refractivity contribution in [2.75, 3.05) is 16.8 Å². The predicted octanol–water partition coefficient (Wildman–Crippen LogP) is 1.76. The van der Waals surface area contributed by atoms with Crippen LogP contribution in [0.2, 0.25) is 5.02 Å². The van der Waals surface area contributed by atoms with Crippen LogP contribution >= 0.6 is 11.6 Å². The zero-order valence-corrected chi connectivity index (χ0v) is 11.8. The molecule has 0 heterocycles. The Morgan fingerprint density at radius 2 is 2.17 bits per heavy atom. The highest BCUT2D eigenvalue weighted by Gasteiger charge is 2.12. The van der Waals surface area contributed by atoms with Crippen molar-refractivity contribution < 1.29 is 9.00 Å². The second-order valence-electron chi connectivity index (χ2n) is 3.95. The number of benzene rings is 1. The molecule has 0 bridgehead atoms. The van der Waals surface area contributed by atoms with Gasteiger partial charge in [-0.15, -0.1) is 0 Å². The van der Waals surface area contributed by atoms with Gasteiger partial charge in [0.25, 0.3) is 0 Å². The highest BCUT2D eigenvalue weighted by atomic mass is 35.5. The monoisotopic (exact) mass is 288 g/mol. The summed E-state index contributed by atoms with van der Waals surface area (Å²) in [5.74, 6) is -0.0320. The van der Waals surface area contributed by atoms with Crippen LogP contribution in [0.15, 0.2) is 24.3 Å². The van der Waals surface area contributed by atoms with E-state index in [1.165, 1.54) is 0 Å². The maximum absolute atomic E-state index is 11.6. The molecule has 3 N–H and O–H groups in total. The Kier molecular flexibility index (Phi) is 6.32. The number of nitrogens with two attached hydrogens (primary N) is 1. The number of nitrogens with one attached hydrogen (secondary N) is 1. The molecule has 1 rings (SSSR count). The molecule has 0 saturated carbocycles. The van der Waals surface area contributed by atoms with Gasteiger partial charge < -0.3 is 11.1 Å². The van der Waals surface area contributed by atoms with Gasteiger partial charge in [-0.25, -0.2) is 0 Å². The van der Waals surface area contributed by atoms with Crippen LogP contribution in [0.3, 0.4) is 0 Å². The van der Waals surface area contributed by atoms with E-state index in [-0.39, 0.29) is 17.7 Å². The third kappa shape index (κ3) is 5.16. The number of amides is 1. The lowest BCUT2D eigenvalue weighted by Crippen LogP contribution is -2.30. The lowest BCUT2D eigenvalue weighted by atomic mass is 10.3. The summed E-state index contributed by atoms with van der Waals surface area (Å²) in [4.78, 5) is 11.6. The molecule has 0 radical (unpaired) electrons. The van der Waals surface area contributed by atoms with Crippen LogP contribution in [-0.2, 0) is 15.6 Å². The van der Waals surface area contributed by atoms with Gasteiger partial charge in [0.15, 0.2) is 0 Å². The minimum Gasteiger partial charge on any atom is -0.327 e. The molecular weight excluding hydrogens is 272 g/mol. The number of anilines is 1. The average molecular weight is 289 g/mol. The van der Waals surface area contributed by atoms with E-state index in [0.717, 1.165) is 6.42 Å². The molecule has 0 spiro atoms. The molecule has 0 fully saturated rings. The maximum Gasteiger partial charge on any atom is 0.237 e. The topological polar surface area (TPSA) is 72.2 Å². The first kappa shape index (κ1) is 15.1. The van der Waals surface area contributed by atoms with Gasteiger partial charge in [0.2, 0.25) is 5.91 Å². The van der Waals surface area contributed by atoms with Gasteiger partial charge >= 0.3 is 0 Å². The van der Waals surface area contributed by atoms with E-state index in [9.17, 15) is 9.00 Å². The van der Waals surface area contributed by atoms with Crippen LogP contribution in [-0.4, -0.2) is 27.7 Å². The summed E-state index contributed by atoms with van der Waals surface area (Å²) >= 11 is 5.90. The van der Waals surface area contributed by atoms with Gasteiger partial charge in [0.05, 0.1) is 10.7 Å². The number of carbonyl (C=O) groups excluding carboxylic acids is 1. The number of para-hydroxylation sites is 1. The molecule has 1 aromatic rings. The van der Waals surface area contributed by atoms with Crippen LogP contribution < -0.4 is 11.1 Å². The van der Waals surface area contributed by atoms with E-state index >= 15 is 0 Å². The molecule has 100 valence electrons. The SMILES string of the molecule is CCC(N)CS(=O)CC(=O)Nc1ccccc1Cl. The van der Waals surface area contributed by atoms with Crippen molar-refractivity contribution in [3.05, 3.63) is 29.3 Å². The van der Waals surface area contributed by atoms with Gasteiger partial charge in [-0.05, 0) is 18.6 Å². The van der Waals surface area contributed by atoms with Crippen LogP contribution in [0.1, 0.15) is 13.3 Å². The Balaban J connectivity index is 2.47. The third-order valence-corrected chi connectivity index (χ3v) is 4.08. The first-order valence-electron chi connectivity index (χ1n) is 5.67. The molecule has 0 saturated heterocycles. The van der Waals surface area contributed by atoms with Crippen LogP contribution in [0.25, 0.3) is 0 Å². The molecule has 2 atom stereocenters. The van der Waals surface area contributed by atoms with E-state index < -0.39 is 10.8 Å². The number of hydrogen-bond donors (Lipinski definition) is 2. The van der Waals surface area contributed by atoms with Crippen LogP contribution in [0.5, 0.6) is 0 Å². The lowest BCUT2D eigenvalue weighted by Gasteiger charge is -2.09. The zero-order valence-electron chi connectivity index (χ0n) is 10.2. The van der Waals surface area contributed by atoms with E-state index in [0.29, 0.717) is 16.5 Å². The van der Waals surface area contributed by atoms with Crippen molar-refractivity contribution in [2.45, 2.75) is 19.4 Å². The Morgan fingerprint density at radius 1 is 1.50 bits per heavy atom. The van der Waals surface area contributed by atoms with Gasteiger partial charge in [0.1, 0.15) is 5.75 Å². The van der Waals surface area contributed by atoms with E-state index in [2.05, 4.69) is 5.32 Å². The molecule has 0 aliphatic rings. The summed E-state index contributed by atoms with van der Waals surface area (Å²) in [6.45, 7) is 1.92. The van der Waals surface area contributed by atoms with Crippen LogP contribution in [0, 0.1) is 0 Å². The fourth-order valence-corrected chi connectivity index (χ4v) is 2.69. The molecule has 0 aliphatic carbocycles. The Labute approximate surface area is 114 Å². The molecule has 18 heavy (non-hydrogen) atoms. The van der Waals surface area contributed by atoms with E-state index in [4.69, 9.17) is 17.3 Å². The fraction of sp³-hybridized carbons (Fsp3) is 0.417. The predicted molar refractivity (Wildman–Crippen MR) is 76.2 cm³/mol. The second-order valence-corrected chi connectivity index (χ2v) is 5.86. The Morgan fingerprint density at radius 3 is 2.78 bits per heavy atom. The number of rotatable bonds is 6. The number of hydrogen-bond acceptors (Lipinski definition) is 3. The maximum atomic E-state index is 11.6. The van der Waals surface area contributed by atoms with Gasteiger partial charge in [0, 0.05) is 22.6 Å². The average Bonchev–Trinajstić information content (AvgIpc) is 2.31. The summed E-state index contributed by atoms with van der Waals surface area (Å²) in [6.07, 6.45) is 0.748. The number of carbonyl (C=O) groups is 1. The molecule has 1 aromatic carbocycles. The fourth-order valence-electron chi connectivity index (χ4n) is 1.31. The molecule has 0 aliphatic heterocycles. The van der Waals surface area contributed by atoms with Crippen molar-refractivity contribution in [1.82, 2.24) is 0 Å². The first-order chi connectivity index (χ1) is 8.52. The van der Waals surface area contributed by atoms with Crippen LogP contribution in [0.4, 0.5) is 5.69 Å². The van der Waals surface area contributed by atoms with Crippen molar-refractivity contribution >= 4 is 34.0 Å². The van der Waals surface area contributed by atoms with Crippen molar-refractivity contribution in [1.29, 1.82) is 0 Å². The third-order valence-electron chi connectivity index (χ3n) is 2.36. The van der Waals surface area contributed by atoms with Crippen molar-refractivity contribution in [2.24, 2.45) is 5.73 Å². The molecule has 6 heteroatoms. The highest BCUT2D eigenvalue weighted by molar-refractivity contribution is 7.85. The summed E-state index contributed by atoms with van der Waals surface area (Å²) < 4.78 is 11.6. The molecule has 2 unspecified atom stereocenters. The summed E-state index contributed by atoms with van der Waals surface area (Å²) in [7, 11) is -1.24. The second kappa shape index (κ2) is 7.51. The molecular formula is C12H17ClN2O2S. The Bertz CT molecular complexity index is 440. The van der Waals surface area contributed by atoms with Crippen molar-refractivity contribution in [3.63, 3.8) is 0 Å². The number of halogens is 1. The van der Waals surface area contributed by atoms with Gasteiger partial charge in [-0.3, -0.25) is 9.00 Å². The van der Waals surface area contributed by atoms with Gasteiger partial charge in [-0.2, -0.15) is 0 Å². The molecule has 1 amide bonds. The summed E-state index contributed by atoms with van der Waals surface area (Å²) in [5.41, 5.74) is 6.21. The summed E-state index contributed by atoms with van der Waals surface area (Å²) in [5, 5.41) is 3.09. The molecule has 0 aromatic heterocycles. The highest BCUT2D eigenvalue weighted by Crippen LogP contribution is 2.20. The Hall–Kier alpha value is -0.910. The standard InChI is InChI=1S/C12H17ClN2O2S/c1-2-9(14)7-18(17)8-12(16)15-11-6-4-3-5-10(11)13/h3-6,9H,2,7-8,14H2,1H3,(H,15,16).